The summed E-state index contributed by atoms with van der Waals surface area (Å²) >= 11 is 6.79. The number of nitro benzene ring substituents is 1. The maximum absolute atomic E-state index is 10.9. The van der Waals surface area contributed by atoms with Crippen molar-refractivity contribution >= 4 is 37.5 Å². The average molecular weight is 409 g/mol. The number of hydrogen-bond donors (Lipinski definition) is 0. The summed E-state index contributed by atoms with van der Waals surface area (Å²) in [5.74, 6) is 0.506. The SMILES string of the molecule is O=[N+]([O-])c1cccc(OCC2(CBr)CCOCC2)c1Br. The fourth-order valence-electron chi connectivity index (χ4n) is 2.10. The van der Waals surface area contributed by atoms with Crippen LogP contribution < -0.4 is 4.74 Å². The molecule has 1 heterocycles. The Kier molecular flexibility index (Phi) is 5.40. The summed E-state index contributed by atoms with van der Waals surface area (Å²) in [7, 11) is 0. The number of ether oxygens (including phenoxy) is 2. The molecule has 1 aliphatic heterocycles. The Balaban J connectivity index is 2.10. The van der Waals surface area contributed by atoms with Crippen molar-refractivity contribution in [2.45, 2.75) is 12.8 Å². The van der Waals surface area contributed by atoms with Gasteiger partial charge in [0.2, 0.25) is 0 Å². The Labute approximate surface area is 134 Å². The van der Waals surface area contributed by atoms with Gasteiger partial charge in [0.25, 0.3) is 5.69 Å². The van der Waals surface area contributed by atoms with Crippen molar-refractivity contribution in [3.05, 3.63) is 32.8 Å². The zero-order valence-electron chi connectivity index (χ0n) is 10.8. The van der Waals surface area contributed by atoms with Crippen molar-refractivity contribution in [1.29, 1.82) is 0 Å². The number of rotatable bonds is 5. The molecule has 0 aromatic heterocycles. The van der Waals surface area contributed by atoms with E-state index in [-0.39, 0.29) is 11.1 Å². The number of nitrogens with zero attached hydrogens (tertiary/aromatic N) is 1. The van der Waals surface area contributed by atoms with E-state index in [1.807, 2.05) is 0 Å². The highest BCUT2D eigenvalue weighted by Crippen LogP contribution is 2.37. The van der Waals surface area contributed by atoms with Crippen molar-refractivity contribution in [3.8, 4) is 5.75 Å². The lowest BCUT2D eigenvalue weighted by Crippen LogP contribution is -2.36. The number of nitro groups is 1. The molecule has 0 radical (unpaired) electrons. The second kappa shape index (κ2) is 6.87. The van der Waals surface area contributed by atoms with Crippen LogP contribution in [0.5, 0.6) is 5.75 Å². The van der Waals surface area contributed by atoms with Crippen LogP contribution in [0.4, 0.5) is 5.69 Å². The number of alkyl halides is 1. The smallest absolute Gasteiger partial charge is 0.287 e. The first-order chi connectivity index (χ1) is 9.58. The maximum Gasteiger partial charge on any atom is 0.287 e. The van der Waals surface area contributed by atoms with E-state index in [0.717, 1.165) is 31.4 Å². The Morgan fingerprint density at radius 1 is 1.40 bits per heavy atom. The van der Waals surface area contributed by atoms with Crippen LogP contribution >= 0.6 is 31.9 Å². The molecule has 20 heavy (non-hydrogen) atoms. The zero-order valence-corrected chi connectivity index (χ0v) is 14.0. The molecule has 7 heteroatoms. The molecule has 2 rings (SSSR count). The topological polar surface area (TPSA) is 61.6 Å². The van der Waals surface area contributed by atoms with E-state index < -0.39 is 4.92 Å². The molecular formula is C13H15Br2NO4. The standard InChI is InChI=1S/C13H15Br2NO4/c14-8-13(4-6-19-7-5-13)9-20-11-3-1-2-10(12(11)15)16(17)18/h1-3H,4-9H2. The minimum atomic E-state index is -0.425. The molecule has 110 valence electrons. The largest absolute Gasteiger partial charge is 0.492 e. The van der Waals surface area contributed by atoms with Crippen LogP contribution in [0.3, 0.4) is 0 Å². The highest BCUT2D eigenvalue weighted by Gasteiger charge is 2.33. The Bertz CT molecular complexity index is 489. The van der Waals surface area contributed by atoms with Crippen molar-refractivity contribution in [2.24, 2.45) is 5.41 Å². The van der Waals surface area contributed by atoms with Crippen LogP contribution in [-0.2, 0) is 4.74 Å². The van der Waals surface area contributed by atoms with Gasteiger partial charge in [-0.05, 0) is 34.8 Å². The predicted octanol–water partition coefficient (Wildman–Crippen LogP) is 3.93. The van der Waals surface area contributed by atoms with Gasteiger partial charge in [-0.3, -0.25) is 10.1 Å². The second-order valence-electron chi connectivity index (χ2n) is 4.88. The van der Waals surface area contributed by atoms with Gasteiger partial charge in [0.05, 0.1) is 11.5 Å². The first-order valence-electron chi connectivity index (χ1n) is 6.27. The summed E-state index contributed by atoms with van der Waals surface area (Å²) in [5, 5.41) is 11.7. The molecule has 1 aromatic rings. The molecule has 0 atom stereocenters. The first-order valence-corrected chi connectivity index (χ1v) is 8.19. The summed E-state index contributed by atoms with van der Waals surface area (Å²) in [6.45, 7) is 1.97. The van der Waals surface area contributed by atoms with Gasteiger partial charge in [-0.15, -0.1) is 0 Å². The van der Waals surface area contributed by atoms with Gasteiger partial charge in [-0.2, -0.15) is 0 Å². The summed E-state index contributed by atoms with van der Waals surface area (Å²) in [4.78, 5) is 10.5. The molecular weight excluding hydrogens is 394 g/mol. The molecule has 5 nitrogen and oxygen atoms in total. The third-order valence-electron chi connectivity index (χ3n) is 3.51. The Morgan fingerprint density at radius 2 is 2.10 bits per heavy atom. The van der Waals surface area contributed by atoms with Crippen LogP contribution in [0, 0.1) is 15.5 Å². The molecule has 1 aliphatic rings. The molecule has 0 unspecified atom stereocenters. The molecule has 0 amide bonds. The van der Waals surface area contributed by atoms with Crippen LogP contribution in [0.15, 0.2) is 22.7 Å². The van der Waals surface area contributed by atoms with Gasteiger partial charge in [-0.1, -0.05) is 22.0 Å². The minimum absolute atomic E-state index is 0.0161. The quantitative estimate of drug-likeness (QED) is 0.420. The summed E-state index contributed by atoms with van der Waals surface area (Å²) in [6, 6.07) is 4.81. The predicted molar refractivity (Wildman–Crippen MR) is 82.6 cm³/mol. The molecule has 1 fully saturated rings. The Hall–Kier alpha value is -0.660. The van der Waals surface area contributed by atoms with E-state index in [4.69, 9.17) is 9.47 Å². The normalized spacial score (nSPS) is 17.7. The van der Waals surface area contributed by atoms with Crippen molar-refractivity contribution in [2.75, 3.05) is 25.2 Å². The molecule has 0 aliphatic carbocycles. The van der Waals surface area contributed by atoms with Crippen molar-refractivity contribution in [1.82, 2.24) is 0 Å². The van der Waals surface area contributed by atoms with Gasteiger partial charge >= 0.3 is 0 Å². The summed E-state index contributed by atoms with van der Waals surface area (Å²) in [6.07, 6.45) is 1.84. The van der Waals surface area contributed by atoms with E-state index in [1.165, 1.54) is 6.07 Å². The van der Waals surface area contributed by atoms with Gasteiger partial charge in [0, 0.05) is 30.0 Å². The third kappa shape index (κ3) is 3.51. The van der Waals surface area contributed by atoms with Crippen molar-refractivity contribution in [3.63, 3.8) is 0 Å². The van der Waals surface area contributed by atoms with Crippen LogP contribution in [0.25, 0.3) is 0 Å². The lowest BCUT2D eigenvalue weighted by Gasteiger charge is -2.35. The average Bonchev–Trinajstić information content (AvgIpc) is 2.47. The lowest BCUT2D eigenvalue weighted by atomic mass is 9.83. The molecule has 0 bridgehead atoms. The highest BCUT2D eigenvalue weighted by molar-refractivity contribution is 9.10. The van der Waals surface area contributed by atoms with E-state index in [9.17, 15) is 10.1 Å². The third-order valence-corrected chi connectivity index (χ3v) is 5.50. The molecule has 1 saturated heterocycles. The van der Waals surface area contributed by atoms with Gasteiger partial charge in [-0.25, -0.2) is 0 Å². The number of halogens is 2. The van der Waals surface area contributed by atoms with E-state index >= 15 is 0 Å². The monoisotopic (exact) mass is 407 g/mol. The fourth-order valence-corrected chi connectivity index (χ4v) is 3.35. The van der Waals surface area contributed by atoms with E-state index in [0.29, 0.717) is 16.8 Å². The summed E-state index contributed by atoms with van der Waals surface area (Å²) < 4.78 is 11.6. The van der Waals surface area contributed by atoms with Crippen LogP contribution in [0.1, 0.15) is 12.8 Å². The van der Waals surface area contributed by atoms with Crippen LogP contribution in [0.2, 0.25) is 0 Å². The molecule has 0 spiro atoms. The Morgan fingerprint density at radius 3 is 2.70 bits per heavy atom. The molecule has 0 saturated carbocycles. The second-order valence-corrected chi connectivity index (χ2v) is 6.23. The first kappa shape index (κ1) is 15.7. The number of benzene rings is 1. The maximum atomic E-state index is 10.9. The minimum Gasteiger partial charge on any atom is -0.492 e. The molecule has 0 N–H and O–H groups in total. The van der Waals surface area contributed by atoms with E-state index in [2.05, 4.69) is 31.9 Å². The van der Waals surface area contributed by atoms with Gasteiger partial charge in [0.15, 0.2) is 0 Å². The van der Waals surface area contributed by atoms with Crippen molar-refractivity contribution < 1.29 is 14.4 Å². The van der Waals surface area contributed by atoms with Crippen LogP contribution in [-0.4, -0.2) is 30.1 Å². The van der Waals surface area contributed by atoms with E-state index in [1.54, 1.807) is 12.1 Å². The zero-order chi connectivity index (χ0) is 14.6. The number of hydrogen-bond acceptors (Lipinski definition) is 4. The molecule has 1 aromatic carbocycles. The van der Waals surface area contributed by atoms with Gasteiger partial charge < -0.3 is 9.47 Å². The van der Waals surface area contributed by atoms with Gasteiger partial charge in [0.1, 0.15) is 10.2 Å². The highest BCUT2D eigenvalue weighted by atomic mass is 79.9. The summed E-state index contributed by atoms with van der Waals surface area (Å²) in [5.41, 5.74) is 0.0462. The fraction of sp³-hybridized carbons (Fsp3) is 0.538. The lowest BCUT2D eigenvalue weighted by molar-refractivity contribution is -0.385.